The number of carbonyl (C=O) groups is 2. The summed E-state index contributed by atoms with van der Waals surface area (Å²) in [5.74, 6) is -2.01. The smallest absolute Gasteiger partial charge is 0.319 e. The molecule has 0 aliphatic rings. The number of rotatable bonds is 5. The second kappa shape index (κ2) is 4.06. The molecule has 0 saturated heterocycles. The van der Waals surface area contributed by atoms with Crippen molar-refractivity contribution < 1.29 is 14.7 Å². The first-order chi connectivity index (χ1) is 5.51. The Morgan fingerprint density at radius 2 is 2.00 bits per heavy atom. The van der Waals surface area contributed by atoms with E-state index < -0.39 is 17.3 Å². The summed E-state index contributed by atoms with van der Waals surface area (Å²) in [6.45, 7) is 1.75. The van der Waals surface area contributed by atoms with Crippen LogP contribution in [0.5, 0.6) is 0 Å². The minimum atomic E-state index is -1.48. The number of hydrogen-bond acceptors (Lipinski definition) is 3. The Balaban J connectivity index is 4.76. The van der Waals surface area contributed by atoms with Crippen molar-refractivity contribution in [2.45, 2.75) is 19.8 Å². The highest BCUT2D eigenvalue weighted by atomic mass is 16.4. The van der Waals surface area contributed by atoms with Gasteiger partial charge in [0.25, 0.3) is 0 Å². The highest BCUT2D eigenvalue weighted by Gasteiger charge is 2.41. The molecule has 0 spiro atoms. The molecule has 5 heteroatoms. The van der Waals surface area contributed by atoms with E-state index in [-0.39, 0.29) is 19.4 Å². The summed E-state index contributed by atoms with van der Waals surface area (Å²) < 4.78 is 0. The van der Waals surface area contributed by atoms with Gasteiger partial charge in [0.05, 0.1) is 0 Å². The maximum absolute atomic E-state index is 10.9. The monoisotopic (exact) mass is 174 g/mol. The number of hydrogen-bond donors (Lipinski definition) is 3. The summed E-state index contributed by atoms with van der Waals surface area (Å²) in [7, 11) is 0. The van der Waals surface area contributed by atoms with E-state index in [1.165, 1.54) is 0 Å². The summed E-state index contributed by atoms with van der Waals surface area (Å²) >= 11 is 0. The van der Waals surface area contributed by atoms with E-state index in [1.54, 1.807) is 6.92 Å². The molecule has 0 saturated carbocycles. The fourth-order valence-corrected chi connectivity index (χ4v) is 1.08. The lowest BCUT2D eigenvalue weighted by molar-refractivity contribution is -0.155. The van der Waals surface area contributed by atoms with Crippen molar-refractivity contribution in [2.24, 2.45) is 16.9 Å². The topological polar surface area (TPSA) is 106 Å². The summed E-state index contributed by atoms with van der Waals surface area (Å²) in [4.78, 5) is 21.6. The second-order valence-electron chi connectivity index (χ2n) is 2.64. The standard InChI is InChI=1S/C7H14N2O3/c1-2-7(3-4-8,5(9)10)6(11)12/h2-4,8H2,1H3,(H2,9,10)(H,11,12). The van der Waals surface area contributed by atoms with Crippen molar-refractivity contribution >= 4 is 11.9 Å². The molecule has 5 nitrogen and oxygen atoms in total. The van der Waals surface area contributed by atoms with E-state index in [1.807, 2.05) is 0 Å². The normalized spacial score (nSPS) is 15.2. The van der Waals surface area contributed by atoms with E-state index >= 15 is 0 Å². The third-order valence-corrected chi connectivity index (χ3v) is 2.06. The predicted molar refractivity (Wildman–Crippen MR) is 43.2 cm³/mol. The van der Waals surface area contributed by atoms with Gasteiger partial charge in [-0.2, -0.15) is 0 Å². The van der Waals surface area contributed by atoms with Crippen LogP contribution in [0.2, 0.25) is 0 Å². The average molecular weight is 174 g/mol. The molecule has 0 aliphatic carbocycles. The van der Waals surface area contributed by atoms with Crippen molar-refractivity contribution in [3.05, 3.63) is 0 Å². The Morgan fingerprint density at radius 3 is 2.08 bits per heavy atom. The predicted octanol–water partition coefficient (Wildman–Crippen LogP) is -0.698. The Hall–Kier alpha value is -1.10. The van der Waals surface area contributed by atoms with Gasteiger partial charge >= 0.3 is 5.97 Å². The fourth-order valence-electron chi connectivity index (χ4n) is 1.08. The van der Waals surface area contributed by atoms with Gasteiger partial charge in [0.15, 0.2) is 0 Å². The number of primary amides is 1. The van der Waals surface area contributed by atoms with Crippen molar-refractivity contribution in [3.8, 4) is 0 Å². The number of amides is 1. The van der Waals surface area contributed by atoms with Gasteiger partial charge in [-0.25, -0.2) is 0 Å². The van der Waals surface area contributed by atoms with Gasteiger partial charge < -0.3 is 16.6 Å². The van der Waals surface area contributed by atoms with Crippen molar-refractivity contribution in [1.29, 1.82) is 0 Å². The van der Waals surface area contributed by atoms with Crippen LogP contribution in [0, 0.1) is 5.41 Å². The van der Waals surface area contributed by atoms with Gasteiger partial charge in [0.2, 0.25) is 5.91 Å². The fraction of sp³-hybridized carbons (Fsp3) is 0.714. The second-order valence-corrected chi connectivity index (χ2v) is 2.64. The van der Waals surface area contributed by atoms with Crippen LogP contribution >= 0.6 is 0 Å². The van der Waals surface area contributed by atoms with Crippen LogP contribution in [0.1, 0.15) is 19.8 Å². The van der Waals surface area contributed by atoms with Gasteiger partial charge in [0.1, 0.15) is 5.41 Å². The molecule has 0 aromatic rings. The maximum Gasteiger partial charge on any atom is 0.319 e. The van der Waals surface area contributed by atoms with Crippen molar-refractivity contribution in [3.63, 3.8) is 0 Å². The van der Waals surface area contributed by atoms with Crippen LogP contribution in [0.25, 0.3) is 0 Å². The molecule has 0 aromatic carbocycles. The lowest BCUT2D eigenvalue weighted by Crippen LogP contribution is -2.44. The molecule has 1 atom stereocenters. The highest BCUT2D eigenvalue weighted by molar-refractivity contribution is 6.01. The zero-order valence-corrected chi connectivity index (χ0v) is 7.04. The van der Waals surface area contributed by atoms with Gasteiger partial charge in [-0.05, 0) is 19.4 Å². The molecule has 1 unspecified atom stereocenters. The Bertz CT molecular complexity index is 177. The lowest BCUT2D eigenvalue weighted by Gasteiger charge is -2.23. The van der Waals surface area contributed by atoms with Crippen LogP contribution in [0.4, 0.5) is 0 Å². The molecule has 70 valence electrons. The van der Waals surface area contributed by atoms with Crippen LogP contribution < -0.4 is 11.5 Å². The average Bonchev–Trinajstić information content (AvgIpc) is 1.98. The minimum Gasteiger partial charge on any atom is -0.480 e. The van der Waals surface area contributed by atoms with E-state index in [2.05, 4.69) is 0 Å². The van der Waals surface area contributed by atoms with Gasteiger partial charge in [-0.15, -0.1) is 0 Å². The molecule has 0 aliphatic heterocycles. The van der Waals surface area contributed by atoms with Gasteiger partial charge in [-0.3, -0.25) is 9.59 Å². The Kier molecular flexibility index (Phi) is 3.69. The maximum atomic E-state index is 10.9. The van der Waals surface area contributed by atoms with Crippen LogP contribution in [0.3, 0.4) is 0 Å². The van der Waals surface area contributed by atoms with E-state index in [0.29, 0.717) is 0 Å². The first-order valence-electron chi connectivity index (χ1n) is 3.74. The summed E-state index contributed by atoms with van der Waals surface area (Å²) in [6, 6.07) is 0. The molecule has 0 aromatic heterocycles. The summed E-state index contributed by atoms with van der Waals surface area (Å²) in [6.07, 6.45) is 0.267. The van der Waals surface area contributed by atoms with E-state index in [9.17, 15) is 9.59 Å². The van der Waals surface area contributed by atoms with Crippen molar-refractivity contribution in [1.82, 2.24) is 0 Å². The van der Waals surface area contributed by atoms with Crippen molar-refractivity contribution in [2.75, 3.05) is 6.54 Å². The number of nitrogens with two attached hydrogens (primary N) is 2. The number of carboxylic acid groups (broad SMARTS) is 1. The first-order valence-corrected chi connectivity index (χ1v) is 3.74. The lowest BCUT2D eigenvalue weighted by atomic mass is 9.81. The third kappa shape index (κ3) is 1.73. The Labute approximate surface area is 70.7 Å². The molecule has 1 amide bonds. The van der Waals surface area contributed by atoms with Crippen LogP contribution in [-0.4, -0.2) is 23.5 Å². The largest absolute Gasteiger partial charge is 0.480 e. The zero-order valence-electron chi connectivity index (χ0n) is 7.04. The Morgan fingerprint density at radius 1 is 1.50 bits per heavy atom. The summed E-state index contributed by atoms with van der Waals surface area (Å²) in [5, 5.41) is 8.77. The van der Waals surface area contributed by atoms with Crippen LogP contribution in [-0.2, 0) is 9.59 Å². The molecule has 5 N–H and O–H groups in total. The van der Waals surface area contributed by atoms with Gasteiger partial charge in [0, 0.05) is 0 Å². The molecular formula is C7H14N2O3. The molecule has 0 radical (unpaired) electrons. The molecule has 0 rings (SSSR count). The first kappa shape index (κ1) is 10.9. The highest BCUT2D eigenvalue weighted by Crippen LogP contribution is 2.25. The zero-order chi connectivity index (χ0) is 9.78. The SMILES string of the molecule is CCC(CCN)(C(N)=O)C(=O)O. The number of aliphatic carboxylic acids is 1. The molecule has 0 bridgehead atoms. The van der Waals surface area contributed by atoms with Gasteiger partial charge in [-0.1, -0.05) is 6.92 Å². The molecule has 0 heterocycles. The quantitative estimate of drug-likeness (QED) is 0.479. The van der Waals surface area contributed by atoms with E-state index in [0.717, 1.165) is 0 Å². The molecule has 0 fully saturated rings. The number of carboxylic acids is 1. The summed E-state index contributed by atoms with van der Waals surface area (Å²) in [5.41, 5.74) is 8.71. The molecular weight excluding hydrogens is 160 g/mol. The molecule has 12 heavy (non-hydrogen) atoms. The minimum absolute atomic E-state index is 0.0914. The number of carbonyl (C=O) groups excluding carboxylic acids is 1. The third-order valence-electron chi connectivity index (χ3n) is 2.06. The van der Waals surface area contributed by atoms with E-state index in [4.69, 9.17) is 16.6 Å². The van der Waals surface area contributed by atoms with Crippen LogP contribution in [0.15, 0.2) is 0 Å².